The summed E-state index contributed by atoms with van der Waals surface area (Å²) in [6.07, 6.45) is 0. The standard InChI is InChI=1S/C13H18N2O3/c1-9(2)15-12(16)8-14-7-10-3-5-11(6-4-10)13(17)18/h3-6,9,14H,7-8H2,1-2H3,(H,15,16)(H,17,18). The zero-order valence-electron chi connectivity index (χ0n) is 10.6. The molecular weight excluding hydrogens is 232 g/mol. The minimum absolute atomic E-state index is 0.0489. The van der Waals surface area contributed by atoms with Crippen molar-refractivity contribution in [3.05, 3.63) is 35.4 Å². The highest BCUT2D eigenvalue weighted by Gasteiger charge is 2.03. The summed E-state index contributed by atoms with van der Waals surface area (Å²) in [5, 5.41) is 14.5. The van der Waals surface area contributed by atoms with E-state index < -0.39 is 5.97 Å². The fourth-order valence-electron chi connectivity index (χ4n) is 1.46. The number of amides is 1. The maximum atomic E-state index is 11.3. The zero-order valence-corrected chi connectivity index (χ0v) is 10.6. The van der Waals surface area contributed by atoms with Crippen molar-refractivity contribution in [1.82, 2.24) is 10.6 Å². The number of hydrogen-bond donors (Lipinski definition) is 3. The van der Waals surface area contributed by atoms with Gasteiger partial charge in [0.25, 0.3) is 0 Å². The maximum absolute atomic E-state index is 11.3. The van der Waals surface area contributed by atoms with Gasteiger partial charge in [0.1, 0.15) is 0 Å². The third kappa shape index (κ3) is 4.97. The van der Waals surface area contributed by atoms with Gasteiger partial charge in [-0.25, -0.2) is 4.79 Å². The number of carboxylic acid groups (broad SMARTS) is 1. The average Bonchev–Trinajstić information content (AvgIpc) is 2.28. The summed E-state index contributed by atoms with van der Waals surface area (Å²) in [5.74, 6) is -0.988. The van der Waals surface area contributed by atoms with Crippen LogP contribution in [0.1, 0.15) is 29.8 Å². The van der Waals surface area contributed by atoms with Gasteiger partial charge in [0.2, 0.25) is 5.91 Å². The molecule has 5 nitrogen and oxygen atoms in total. The molecule has 1 aromatic rings. The van der Waals surface area contributed by atoms with E-state index in [1.165, 1.54) is 0 Å². The number of carbonyl (C=O) groups is 2. The largest absolute Gasteiger partial charge is 0.478 e. The summed E-state index contributed by atoms with van der Waals surface area (Å²) >= 11 is 0. The normalized spacial score (nSPS) is 10.4. The number of nitrogens with one attached hydrogen (secondary N) is 2. The Morgan fingerprint density at radius 1 is 1.22 bits per heavy atom. The second-order valence-electron chi connectivity index (χ2n) is 4.33. The van der Waals surface area contributed by atoms with Crippen LogP contribution >= 0.6 is 0 Å². The van der Waals surface area contributed by atoms with Crippen LogP contribution in [0.2, 0.25) is 0 Å². The molecule has 0 aliphatic carbocycles. The highest BCUT2D eigenvalue weighted by atomic mass is 16.4. The van der Waals surface area contributed by atoms with Gasteiger partial charge in [-0.3, -0.25) is 4.79 Å². The Morgan fingerprint density at radius 2 is 1.83 bits per heavy atom. The molecule has 0 aliphatic rings. The van der Waals surface area contributed by atoms with Gasteiger partial charge in [-0.2, -0.15) is 0 Å². The molecule has 18 heavy (non-hydrogen) atoms. The van der Waals surface area contributed by atoms with Crippen LogP contribution in [0.3, 0.4) is 0 Å². The molecule has 0 bridgehead atoms. The molecule has 1 amide bonds. The summed E-state index contributed by atoms with van der Waals surface area (Å²) in [6.45, 7) is 4.59. The van der Waals surface area contributed by atoms with Crippen LogP contribution in [0.4, 0.5) is 0 Å². The first-order valence-electron chi connectivity index (χ1n) is 5.81. The van der Waals surface area contributed by atoms with E-state index in [0.717, 1.165) is 5.56 Å². The third-order valence-electron chi connectivity index (χ3n) is 2.27. The number of aromatic carboxylic acids is 1. The molecule has 0 aliphatic heterocycles. The topological polar surface area (TPSA) is 78.4 Å². The van der Waals surface area contributed by atoms with Crippen molar-refractivity contribution in [1.29, 1.82) is 0 Å². The second kappa shape index (κ2) is 6.76. The lowest BCUT2D eigenvalue weighted by atomic mass is 10.1. The van der Waals surface area contributed by atoms with E-state index in [-0.39, 0.29) is 24.1 Å². The highest BCUT2D eigenvalue weighted by Crippen LogP contribution is 2.03. The first-order chi connectivity index (χ1) is 8.49. The van der Waals surface area contributed by atoms with Crippen LogP contribution in [0.15, 0.2) is 24.3 Å². The minimum Gasteiger partial charge on any atom is -0.478 e. The molecule has 5 heteroatoms. The summed E-state index contributed by atoms with van der Waals surface area (Å²) in [4.78, 5) is 22.0. The highest BCUT2D eigenvalue weighted by molar-refractivity contribution is 5.87. The molecule has 0 saturated heterocycles. The predicted molar refractivity (Wildman–Crippen MR) is 68.4 cm³/mol. The Hall–Kier alpha value is -1.88. The number of carbonyl (C=O) groups excluding carboxylic acids is 1. The third-order valence-corrected chi connectivity index (χ3v) is 2.27. The smallest absolute Gasteiger partial charge is 0.335 e. The van der Waals surface area contributed by atoms with Crippen molar-refractivity contribution in [2.24, 2.45) is 0 Å². The number of hydrogen-bond acceptors (Lipinski definition) is 3. The molecule has 0 radical (unpaired) electrons. The molecule has 3 N–H and O–H groups in total. The van der Waals surface area contributed by atoms with Gasteiger partial charge in [0.15, 0.2) is 0 Å². The minimum atomic E-state index is -0.939. The Balaban J connectivity index is 2.35. The molecule has 98 valence electrons. The van der Waals surface area contributed by atoms with E-state index >= 15 is 0 Å². The first kappa shape index (κ1) is 14.2. The summed E-state index contributed by atoms with van der Waals surface area (Å²) in [6, 6.07) is 6.70. The SMILES string of the molecule is CC(C)NC(=O)CNCc1ccc(C(=O)O)cc1. The predicted octanol–water partition coefficient (Wildman–Crippen LogP) is 0.999. The summed E-state index contributed by atoms with van der Waals surface area (Å²) in [7, 11) is 0. The fourth-order valence-corrected chi connectivity index (χ4v) is 1.46. The number of benzene rings is 1. The lowest BCUT2D eigenvalue weighted by Gasteiger charge is -2.09. The Kier molecular flexibility index (Phi) is 5.32. The van der Waals surface area contributed by atoms with Crippen LogP contribution in [-0.4, -0.2) is 29.6 Å². The van der Waals surface area contributed by atoms with Gasteiger partial charge >= 0.3 is 5.97 Å². The van der Waals surface area contributed by atoms with E-state index in [0.29, 0.717) is 6.54 Å². The van der Waals surface area contributed by atoms with Crippen LogP contribution in [0.25, 0.3) is 0 Å². The summed E-state index contributed by atoms with van der Waals surface area (Å²) < 4.78 is 0. The molecule has 0 saturated carbocycles. The van der Waals surface area contributed by atoms with Gasteiger partial charge in [-0.1, -0.05) is 12.1 Å². The van der Waals surface area contributed by atoms with Crippen LogP contribution in [0, 0.1) is 0 Å². The van der Waals surface area contributed by atoms with E-state index in [1.54, 1.807) is 24.3 Å². The lowest BCUT2D eigenvalue weighted by Crippen LogP contribution is -2.37. The van der Waals surface area contributed by atoms with Crippen LogP contribution in [0.5, 0.6) is 0 Å². The molecular formula is C13H18N2O3. The van der Waals surface area contributed by atoms with Crippen molar-refractivity contribution in [3.63, 3.8) is 0 Å². The van der Waals surface area contributed by atoms with E-state index in [2.05, 4.69) is 10.6 Å². The fraction of sp³-hybridized carbons (Fsp3) is 0.385. The van der Waals surface area contributed by atoms with Gasteiger partial charge in [-0.05, 0) is 31.5 Å². The molecule has 0 spiro atoms. The molecule has 1 rings (SSSR count). The molecule has 1 aromatic carbocycles. The Morgan fingerprint density at radius 3 is 2.33 bits per heavy atom. The van der Waals surface area contributed by atoms with Crippen LogP contribution in [-0.2, 0) is 11.3 Å². The van der Waals surface area contributed by atoms with Crippen molar-refractivity contribution in [3.8, 4) is 0 Å². The number of carboxylic acids is 1. The van der Waals surface area contributed by atoms with Crippen molar-refractivity contribution < 1.29 is 14.7 Å². The maximum Gasteiger partial charge on any atom is 0.335 e. The van der Waals surface area contributed by atoms with Crippen molar-refractivity contribution in [2.45, 2.75) is 26.4 Å². The first-order valence-corrected chi connectivity index (χ1v) is 5.81. The lowest BCUT2D eigenvalue weighted by molar-refractivity contribution is -0.120. The Labute approximate surface area is 106 Å². The van der Waals surface area contributed by atoms with Crippen molar-refractivity contribution in [2.75, 3.05) is 6.54 Å². The zero-order chi connectivity index (χ0) is 13.5. The van der Waals surface area contributed by atoms with Gasteiger partial charge in [-0.15, -0.1) is 0 Å². The average molecular weight is 250 g/mol. The van der Waals surface area contributed by atoms with Gasteiger partial charge in [0, 0.05) is 12.6 Å². The Bertz CT molecular complexity index is 413. The molecule has 0 fully saturated rings. The van der Waals surface area contributed by atoms with Gasteiger partial charge in [0.05, 0.1) is 12.1 Å². The second-order valence-corrected chi connectivity index (χ2v) is 4.33. The summed E-state index contributed by atoms with van der Waals surface area (Å²) in [5.41, 5.74) is 1.20. The molecule has 0 aromatic heterocycles. The van der Waals surface area contributed by atoms with E-state index in [9.17, 15) is 9.59 Å². The van der Waals surface area contributed by atoms with E-state index in [1.807, 2.05) is 13.8 Å². The monoisotopic (exact) mass is 250 g/mol. The van der Waals surface area contributed by atoms with Crippen LogP contribution < -0.4 is 10.6 Å². The molecule has 0 unspecified atom stereocenters. The van der Waals surface area contributed by atoms with E-state index in [4.69, 9.17) is 5.11 Å². The quantitative estimate of drug-likeness (QED) is 0.703. The van der Waals surface area contributed by atoms with Crippen molar-refractivity contribution >= 4 is 11.9 Å². The molecule has 0 heterocycles. The molecule has 0 atom stereocenters. The van der Waals surface area contributed by atoms with Gasteiger partial charge < -0.3 is 15.7 Å². The number of rotatable bonds is 6.